The molecule has 0 aromatic rings. The number of nitrogens with zero attached hydrogens (tertiary/aromatic N) is 2. The fraction of sp³-hybridized carbons (Fsp3) is 0.686. The van der Waals surface area contributed by atoms with Crippen molar-refractivity contribution < 1.29 is 136 Å². The van der Waals surface area contributed by atoms with Gasteiger partial charge in [0.05, 0.1) is 38.7 Å². The van der Waals surface area contributed by atoms with Crippen LogP contribution in [0.2, 0.25) is 0 Å². The van der Waals surface area contributed by atoms with Crippen molar-refractivity contribution in [2.45, 2.75) is 254 Å². The molecule has 2 saturated heterocycles. The van der Waals surface area contributed by atoms with Crippen molar-refractivity contribution in [1.29, 1.82) is 0 Å². The van der Waals surface area contributed by atoms with E-state index in [4.69, 9.17) is 34.4 Å². The predicted molar refractivity (Wildman–Crippen MR) is 408 cm³/mol. The third kappa shape index (κ3) is 36.3. The van der Waals surface area contributed by atoms with E-state index in [2.05, 4.69) is 69.1 Å². The van der Waals surface area contributed by atoms with E-state index in [1.807, 2.05) is 0 Å². The Hall–Kier alpha value is -11.9. The summed E-state index contributed by atoms with van der Waals surface area (Å²) in [7, 11) is 0. The SMILES string of the molecule is CC(C)C[C@H](NC(=O)[C@H](CC(=O)O)NC(=O)[C@@H](N)CO)C(=O)N[C@@H](CCC(N)=O)C(=O)N[C@@H](C)C(=O)N[C@@H](CCC(N)=O)C(=O)N[C@@H](CO)C(=O)N[C@@H](CCCCN)C(=O)NCC(=O)N[C@@H](CC(N)=O)C(=O)N1CCC[C@H]1C(=O)N[C@@H](CCC(=O)O)C(=O)N[C@@H](CCC(N)=O)C(=O)N[C@H](C(=O)N1CCC[C@H]1C(=O)N[C@H](C(=O)O)C(C)C)[C@@H](C)O. The number of hydrogen-bond donors (Lipinski definition) is 25. The molecule has 119 heavy (non-hydrogen) atoms. The Labute approximate surface area is 682 Å². The largest absolute Gasteiger partial charge is 0.481 e. The first-order valence-corrected chi connectivity index (χ1v) is 38.4. The summed E-state index contributed by atoms with van der Waals surface area (Å²) in [5, 5.41) is 88.9. The van der Waals surface area contributed by atoms with Crippen LogP contribution in [0.25, 0.3) is 0 Å². The van der Waals surface area contributed by atoms with Crippen LogP contribution in [0.4, 0.5) is 0 Å². The number of carbonyl (C=O) groups is 22. The predicted octanol–water partition coefficient (Wildman–Crippen LogP) is -12.5. The lowest BCUT2D eigenvalue weighted by Gasteiger charge is -2.32. The van der Waals surface area contributed by atoms with Gasteiger partial charge in [-0.05, 0) is 109 Å². The number of likely N-dealkylation sites (tertiary alicyclic amines) is 2. The Morgan fingerprint density at radius 2 is 0.824 bits per heavy atom. The molecule has 0 aromatic heterocycles. The molecule has 49 nitrogen and oxygen atoms in total. The highest BCUT2D eigenvalue weighted by Crippen LogP contribution is 2.23. The molecule has 0 bridgehead atoms. The Morgan fingerprint density at radius 3 is 1.27 bits per heavy atom. The van der Waals surface area contributed by atoms with Crippen LogP contribution < -0.4 is 104 Å². The zero-order valence-electron chi connectivity index (χ0n) is 66.9. The van der Waals surface area contributed by atoms with Gasteiger partial charge in [-0.3, -0.25) is 101 Å². The number of primary amides is 4. The maximum absolute atomic E-state index is 14.3. The molecule has 2 aliphatic heterocycles. The number of amides is 19. The van der Waals surface area contributed by atoms with Gasteiger partial charge in [0, 0.05) is 38.8 Å². The van der Waals surface area contributed by atoms with E-state index in [-0.39, 0.29) is 76.9 Å². The molecule has 49 heteroatoms. The summed E-state index contributed by atoms with van der Waals surface area (Å²) in [4.78, 5) is 293. The number of aliphatic carboxylic acids is 3. The zero-order chi connectivity index (χ0) is 90.4. The van der Waals surface area contributed by atoms with Crippen LogP contribution in [0.3, 0.4) is 0 Å². The van der Waals surface area contributed by atoms with Crippen molar-refractivity contribution in [3.05, 3.63) is 0 Å². The standard InChI is InChI=1S/C70H115N21O28/c1-31(2)25-41(86-64(112)42(27-53(102)103)85-57(105)35(72)29-92)63(111)83-37(14-18-47(73)95)59(107)78-33(5)56(104)80-38(15-19-48(74)96)61(109)87-44(30-93)65(113)81-36(11-7-8-22-71)58(106)77-28-51(99)79-43(26-50(76)98)68(116)90-23-9-12-45(90)66(114)84-40(17-21-52(100)101)60(108)82-39(16-20-49(75)97)62(110)89-55(34(6)94)69(117)91-24-10-13-46(91)67(115)88-54(32(3)4)70(118)119/h31-46,54-55,92-94H,7-30,71-72H2,1-6H3,(H2,73,95)(H2,74,96)(H2,75,97)(H2,76,98)(H,77,106)(H,78,107)(H,79,99)(H,80,104)(H,81,113)(H,82,108)(H,83,111)(H,84,114)(H,85,105)(H,86,112)(H,87,109)(H,88,115)(H,89,110)(H,100,101)(H,102,103)(H,118,119)/t33-,34+,35-,36-,37-,38-,39-,40-,41-,42-,43-,44-,45-,46-,54-,55-/m0/s1. The minimum Gasteiger partial charge on any atom is -0.481 e. The summed E-state index contributed by atoms with van der Waals surface area (Å²) in [6.45, 7) is 5.17. The van der Waals surface area contributed by atoms with E-state index in [1.54, 1.807) is 13.8 Å². The van der Waals surface area contributed by atoms with Gasteiger partial charge in [-0.2, -0.15) is 0 Å². The van der Waals surface area contributed by atoms with Crippen LogP contribution >= 0.6 is 0 Å². The van der Waals surface area contributed by atoms with E-state index >= 15 is 0 Å². The minimum absolute atomic E-state index is 0.0676. The highest BCUT2D eigenvalue weighted by Gasteiger charge is 2.44. The van der Waals surface area contributed by atoms with Crippen molar-refractivity contribution in [2.24, 2.45) is 46.2 Å². The van der Waals surface area contributed by atoms with Crippen LogP contribution in [-0.2, 0) is 105 Å². The van der Waals surface area contributed by atoms with E-state index in [9.17, 15) is 136 Å². The van der Waals surface area contributed by atoms with Crippen LogP contribution in [0.15, 0.2) is 0 Å². The van der Waals surface area contributed by atoms with Crippen molar-refractivity contribution in [3.63, 3.8) is 0 Å². The second-order valence-electron chi connectivity index (χ2n) is 29.3. The van der Waals surface area contributed by atoms with Crippen molar-refractivity contribution in [3.8, 4) is 0 Å². The normalized spacial score (nSPS) is 17.2. The third-order valence-corrected chi connectivity index (χ3v) is 18.7. The minimum atomic E-state index is -1.97. The number of aliphatic hydroxyl groups is 3. The second kappa shape index (κ2) is 51.4. The summed E-state index contributed by atoms with van der Waals surface area (Å²) in [6, 6.07) is -25.2. The molecular formula is C70H115N21O28. The van der Waals surface area contributed by atoms with Crippen molar-refractivity contribution in [1.82, 2.24) is 78.9 Å². The molecule has 2 rings (SSSR count). The lowest BCUT2D eigenvalue weighted by Crippen LogP contribution is -2.61. The molecule has 2 aliphatic rings. The lowest BCUT2D eigenvalue weighted by molar-refractivity contribution is -0.147. The Kier molecular flexibility index (Phi) is 44.5. The fourth-order valence-electron chi connectivity index (χ4n) is 12.2. The van der Waals surface area contributed by atoms with Gasteiger partial charge in [0.2, 0.25) is 112 Å². The van der Waals surface area contributed by atoms with Gasteiger partial charge >= 0.3 is 17.9 Å². The summed E-state index contributed by atoms with van der Waals surface area (Å²) < 4.78 is 0. The van der Waals surface area contributed by atoms with E-state index in [0.29, 0.717) is 0 Å². The first-order valence-electron chi connectivity index (χ1n) is 38.4. The van der Waals surface area contributed by atoms with Crippen LogP contribution in [0, 0.1) is 11.8 Å². The molecule has 0 spiro atoms. The number of carboxylic acids is 3. The molecule has 0 radical (unpaired) electrons. The number of rotatable bonds is 55. The average Bonchev–Trinajstić information content (AvgIpc) is 1.37. The third-order valence-electron chi connectivity index (χ3n) is 18.7. The van der Waals surface area contributed by atoms with Gasteiger partial charge in [0.15, 0.2) is 0 Å². The summed E-state index contributed by atoms with van der Waals surface area (Å²) in [5.41, 5.74) is 32.7. The van der Waals surface area contributed by atoms with E-state index < -0.39 is 317 Å². The molecule has 0 saturated carbocycles. The van der Waals surface area contributed by atoms with Crippen molar-refractivity contribution in [2.75, 3.05) is 39.4 Å². The Morgan fingerprint density at radius 1 is 0.403 bits per heavy atom. The molecule has 31 N–H and O–H groups in total. The number of nitrogens with one attached hydrogen (secondary N) is 13. The number of aliphatic hydroxyl groups excluding tert-OH is 3. The number of hydrogen-bond acceptors (Lipinski definition) is 27. The number of nitrogens with two attached hydrogens (primary N) is 6. The summed E-state index contributed by atoms with van der Waals surface area (Å²) >= 11 is 0. The molecule has 668 valence electrons. The van der Waals surface area contributed by atoms with Gasteiger partial charge in [0.25, 0.3) is 0 Å². The molecule has 2 heterocycles. The maximum Gasteiger partial charge on any atom is 0.326 e. The molecule has 19 amide bonds. The Bertz CT molecular complexity index is 3660. The van der Waals surface area contributed by atoms with Gasteiger partial charge in [-0.15, -0.1) is 0 Å². The fourth-order valence-corrected chi connectivity index (χ4v) is 12.2. The second-order valence-corrected chi connectivity index (χ2v) is 29.3. The quantitative estimate of drug-likeness (QED) is 0.0251. The number of unbranched alkanes of at least 4 members (excludes halogenated alkanes) is 1. The first-order chi connectivity index (χ1) is 55.7. The lowest BCUT2D eigenvalue weighted by atomic mass is 10.0. The first kappa shape index (κ1) is 103. The Balaban J connectivity index is 2.35. The van der Waals surface area contributed by atoms with E-state index in [0.717, 1.165) is 23.6 Å². The van der Waals surface area contributed by atoms with Gasteiger partial charge in [-0.25, -0.2) is 4.79 Å². The zero-order valence-corrected chi connectivity index (χ0v) is 66.9. The van der Waals surface area contributed by atoms with Gasteiger partial charge < -0.3 is 144 Å². The molecule has 2 fully saturated rings. The smallest absolute Gasteiger partial charge is 0.326 e. The highest BCUT2D eigenvalue weighted by atomic mass is 16.4. The monoisotopic (exact) mass is 1700 g/mol. The number of carboxylic acid groups (broad SMARTS) is 3. The molecular weight excluding hydrogens is 1580 g/mol. The number of carbonyl (C=O) groups excluding carboxylic acids is 19. The van der Waals surface area contributed by atoms with Gasteiger partial charge in [0.1, 0.15) is 90.6 Å². The van der Waals surface area contributed by atoms with Crippen LogP contribution in [0.1, 0.15) is 157 Å². The molecule has 16 atom stereocenters. The highest BCUT2D eigenvalue weighted by molar-refractivity contribution is 6.02. The average molecular weight is 1700 g/mol. The topological polar surface area (TPSA) is 816 Å². The summed E-state index contributed by atoms with van der Waals surface area (Å²) in [6.07, 6.45) is -8.40. The van der Waals surface area contributed by atoms with Crippen LogP contribution in [-0.4, -0.2) is 307 Å². The molecule has 0 unspecified atom stereocenters. The van der Waals surface area contributed by atoms with Gasteiger partial charge in [-0.1, -0.05) is 27.7 Å². The summed E-state index contributed by atoms with van der Waals surface area (Å²) in [5.74, 6) is -26.6. The van der Waals surface area contributed by atoms with E-state index in [1.165, 1.54) is 13.8 Å². The molecule has 0 aromatic carbocycles. The maximum atomic E-state index is 14.3. The van der Waals surface area contributed by atoms with Crippen LogP contribution in [0.5, 0.6) is 0 Å². The molecule has 0 aliphatic carbocycles. The van der Waals surface area contributed by atoms with Crippen molar-refractivity contribution >= 4 is 130 Å².